The molecule has 0 radical (unpaired) electrons. The molecular weight excluding hydrogens is 687 g/mol. The summed E-state index contributed by atoms with van der Waals surface area (Å²) in [4.78, 5) is 13.1. The van der Waals surface area contributed by atoms with Gasteiger partial charge in [0.15, 0.2) is 5.82 Å². The molecular formula is C51H31N3S. The molecule has 0 saturated carbocycles. The van der Waals surface area contributed by atoms with E-state index in [9.17, 15) is 0 Å². The van der Waals surface area contributed by atoms with Gasteiger partial charge in [-0.15, -0.1) is 0 Å². The van der Waals surface area contributed by atoms with Crippen LogP contribution in [-0.4, -0.2) is 14.5 Å². The molecule has 3 nitrogen and oxygen atoms in total. The lowest BCUT2D eigenvalue weighted by Crippen LogP contribution is -2.32. The van der Waals surface area contributed by atoms with Crippen LogP contribution in [0.4, 0.5) is 0 Å². The molecule has 1 aliphatic heterocycles. The topological polar surface area (TPSA) is 30.7 Å². The minimum atomic E-state index is -0.459. The van der Waals surface area contributed by atoms with Crippen molar-refractivity contribution < 1.29 is 0 Å². The Labute approximate surface area is 322 Å². The fourth-order valence-corrected chi connectivity index (χ4v) is 10.6. The lowest BCUT2D eigenvalue weighted by molar-refractivity contribution is 0.724. The summed E-state index contributed by atoms with van der Waals surface area (Å²) in [5.74, 6) is 1.54. The molecule has 1 spiro atoms. The van der Waals surface area contributed by atoms with Crippen molar-refractivity contribution in [2.75, 3.05) is 0 Å². The molecule has 55 heavy (non-hydrogen) atoms. The van der Waals surface area contributed by atoms with Gasteiger partial charge in [-0.25, -0.2) is 9.97 Å². The highest BCUT2D eigenvalue weighted by Gasteiger charge is 2.50. The first-order valence-electron chi connectivity index (χ1n) is 18.7. The Morgan fingerprint density at radius 1 is 0.436 bits per heavy atom. The van der Waals surface area contributed by atoms with Crippen molar-refractivity contribution in [2.45, 2.75) is 15.2 Å². The highest BCUT2D eigenvalue weighted by molar-refractivity contribution is 7.99. The zero-order valence-electron chi connectivity index (χ0n) is 29.6. The van der Waals surface area contributed by atoms with E-state index in [1.165, 1.54) is 64.7 Å². The van der Waals surface area contributed by atoms with Gasteiger partial charge in [0.05, 0.1) is 22.1 Å². The Balaban J connectivity index is 1.23. The molecule has 10 aromatic rings. The fraction of sp³-hybridized carbons (Fsp3) is 0.0196. The molecule has 12 rings (SSSR count). The summed E-state index contributed by atoms with van der Waals surface area (Å²) in [6.07, 6.45) is 0. The minimum Gasteiger partial charge on any atom is -0.293 e. The smallest absolute Gasteiger partial charge is 0.162 e. The standard InChI is InChI=1S/C51H31N3S/c1-3-16-33(17-4-1)44-30-48(53-50(52-44)34-18-5-2-6-19-34)54-45-31-47-43(29-39(45)38-28-27-32-15-7-8-20-35(32)49(38)54)51(42-25-13-14-26-46(42)55-47)40-23-11-9-21-36(40)37-22-10-12-24-41(37)51/h1-31H. The van der Waals surface area contributed by atoms with Gasteiger partial charge in [-0.1, -0.05) is 176 Å². The molecule has 8 aromatic carbocycles. The number of benzene rings is 8. The lowest BCUT2D eigenvalue weighted by atomic mass is 9.67. The maximum atomic E-state index is 5.40. The lowest BCUT2D eigenvalue weighted by Gasteiger charge is -2.39. The first-order chi connectivity index (χ1) is 27.3. The van der Waals surface area contributed by atoms with Crippen molar-refractivity contribution in [3.63, 3.8) is 0 Å². The number of nitrogens with zero attached hydrogens (tertiary/aromatic N) is 3. The van der Waals surface area contributed by atoms with Crippen LogP contribution in [0.2, 0.25) is 0 Å². The van der Waals surface area contributed by atoms with Crippen LogP contribution in [-0.2, 0) is 5.41 Å². The van der Waals surface area contributed by atoms with E-state index in [-0.39, 0.29) is 0 Å². The molecule has 0 unspecified atom stereocenters. The fourth-order valence-electron chi connectivity index (χ4n) is 9.39. The zero-order chi connectivity index (χ0) is 36.1. The van der Waals surface area contributed by atoms with E-state index >= 15 is 0 Å². The number of rotatable bonds is 3. The molecule has 2 aliphatic rings. The zero-order valence-corrected chi connectivity index (χ0v) is 30.5. The number of hydrogen-bond donors (Lipinski definition) is 0. The Bertz CT molecular complexity index is 3080. The molecule has 0 amide bonds. The summed E-state index contributed by atoms with van der Waals surface area (Å²) in [5.41, 5.74) is 12.7. The summed E-state index contributed by atoms with van der Waals surface area (Å²) >= 11 is 1.88. The van der Waals surface area contributed by atoms with E-state index in [0.717, 1.165) is 33.7 Å². The molecule has 256 valence electrons. The quantitative estimate of drug-likeness (QED) is 0.182. The van der Waals surface area contributed by atoms with Gasteiger partial charge in [0, 0.05) is 43.1 Å². The summed E-state index contributed by atoms with van der Waals surface area (Å²) in [6, 6.07) is 68.3. The highest BCUT2D eigenvalue weighted by Crippen LogP contribution is 2.62. The molecule has 4 heteroatoms. The predicted octanol–water partition coefficient (Wildman–Crippen LogP) is 12.9. The second-order valence-electron chi connectivity index (χ2n) is 14.5. The molecule has 2 aromatic heterocycles. The summed E-state index contributed by atoms with van der Waals surface area (Å²) in [5, 5.41) is 4.80. The third-order valence-corrected chi connectivity index (χ3v) is 12.8. The largest absolute Gasteiger partial charge is 0.293 e. The van der Waals surface area contributed by atoms with Crippen molar-refractivity contribution in [1.29, 1.82) is 0 Å². The monoisotopic (exact) mass is 717 g/mol. The van der Waals surface area contributed by atoms with Gasteiger partial charge in [-0.05, 0) is 57.0 Å². The van der Waals surface area contributed by atoms with E-state index in [1.54, 1.807) is 0 Å². The Morgan fingerprint density at radius 2 is 1.07 bits per heavy atom. The van der Waals surface area contributed by atoms with Crippen molar-refractivity contribution in [3.05, 3.63) is 210 Å². The molecule has 0 saturated heterocycles. The van der Waals surface area contributed by atoms with Crippen LogP contribution in [0.15, 0.2) is 198 Å². The van der Waals surface area contributed by atoms with Gasteiger partial charge < -0.3 is 0 Å². The van der Waals surface area contributed by atoms with E-state index in [0.29, 0.717) is 5.82 Å². The van der Waals surface area contributed by atoms with Gasteiger partial charge in [0.2, 0.25) is 0 Å². The van der Waals surface area contributed by atoms with Crippen LogP contribution in [0.1, 0.15) is 22.3 Å². The van der Waals surface area contributed by atoms with E-state index in [1.807, 2.05) is 17.8 Å². The van der Waals surface area contributed by atoms with Gasteiger partial charge in [-0.3, -0.25) is 4.57 Å². The Morgan fingerprint density at radius 3 is 1.84 bits per heavy atom. The Hall–Kier alpha value is -6.75. The molecule has 0 atom stereocenters. The van der Waals surface area contributed by atoms with Crippen molar-refractivity contribution in [2.24, 2.45) is 0 Å². The minimum absolute atomic E-state index is 0.459. The average Bonchev–Trinajstić information content (AvgIpc) is 3.74. The normalized spacial score (nSPS) is 13.5. The summed E-state index contributed by atoms with van der Waals surface area (Å²) in [7, 11) is 0. The van der Waals surface area contributed by atoms with Crippen LogP contribution in [0.3, 0.4) is 0 Å². The maximum Gasteiger partial charge on any atom is 0.162 e. The van der Waals surface area contributed by atoms with Crippen molar-refractivity contribution in [3.8, 4) is 39.6 Å². The van der Waals surface area contributed by atoms with Crippen molar-refractivity contribution in [1.82, 2.24) is 14.5 Å². The van der Waals surface area contributed by atoms with Crippen LogP contribution >= 0.6 is 11.8 Å². The van der Waals surface area contributed by atoms with E-state index in [2.05, 4.69) is 187 Å². The van der Waals surface area contributed by atoms with Gasteiger partial charge >= 0.3 is 0 Å². The molecule has 1 aliphatic carbocycles. The SMILES string of the molecule is c1ccc(-c2cc(-n3c4cc5c(cc4c4ccc6ccccc6c43)C3(c4ccccc4S5)c4ccccc4-c4ccccc43)nc(-c3ccccc3)n2)cc1. The van der Waals surface area contributed by atoms with Crippen LogP contribution in [0.5, 0.6) is 0 Å². The third-order valence-electron chi connectivity index (χ3n) is 11.7. The van der Waals surface area contributed by atoms with Gasteiger partial charge in [0.1, 0.15) is 5.82 Å². The highest BCUT2D eigenvalue weighted by atomic mass is 32.2. The van der Waals surface area contributed by atoms with E-state index < -0.39 is 5.41 Å². The second kappa shape index (κ2) is 11.6. The van der Waals surface area contributed by atoms with Crippen LogP contribution < -0.4 is 0 Å². The van der Waals surface area contributed by atoms with Crippen molar-refractivity contribution >= 4 is 44.3 Å². The number of aromatic nitrogens is 3. The molecule has 3 heterocycles. The molecule has 0 bridgehead atoms. The summed E-state index contributed by atoms with van der Waals surface area (Å²) in [6.45, 7) is 0. The number of hydrogen-bond acceptors (Lipinski definition) is 3. The second-order valence-corrected chi connectivity index (χ2v) is 15.6. The van der Waals surface area contributed by atoms with Gasteiger partial charge in [0.25, 0.3) is 0 Å². The first kappa shape index (κ1) is 30.7. The van der Waals surface area contributed by atoms with Gasteiger partial charge in [-0.2, -0.15) is 0 Å². The number of fused-ring (bicyclic) bond motifs is 14. The van der Waals surface area contributed by atoms with E-state index in [4.69, 9.17) is 9.97 Å². The third kappa shape index (κ3) is 4.29. The van der Waals surface area contributed by atoms with Crippen LogP contribution in [0.25, 0.3) is 72.2 Å². The predicted molar refractivity (Wildman–Crippen MR) is 226 cm³/mol. The molecule has 0 fully saturated rings. The first-order valence-corrected chi connectivity index (χ1v) is 19.6. The Kier molecular flexibility index (Phi) is 6.48. The average molecular weight is 718 g/mol. The maximum absolute atomic E-state index is 5.40. The molecule has 0 N–H and O–H groups in total. The summed E-state index contributed by atoms with van der Waals surface area (Å²) < 4.78 is 2.40. The van der Waals surface area contributed by atoms with Crippen LogP contribution in [0, 0.1) is 0 Å².